The van der Waals surface area contributed by atoms with Crippen LogP contribution in [0, 0.1) is 0 Å². The lowest BCUT2D eigenvalue weighted by Crippen LogP contribution is -2.29. The summed E-state index contributed by atoms with van der Waals surface area (Å²) < 4.78 is 8.47. The van der Waals surface area contributed by atoms with E-state index in [1.807, 2.05) is 13.1 Å². The molecule has 0 unspecified atom stereocenters. The van der Waals surface area contributed by atoms with Gasteiger partial charge in [0.05, 0.1) is 22.6 Å². The number of rotatable bonds is 5. The van der Waals surface area contributed by atoms with Gasteiger partial charge in [-0.2, -0.15) is 4.37 Å². The molecule has 34 heavy (non-hydrogen) atoms. The Bertz CT molecular complexity index is 1310. The van der Waals surface area contributed by atoms with Gasteiger partial charge in [-0.05, 0) is 74.1 Å². The second kappa shape index (κ2) is 9.38. The van der Waals surface area contributed by atoms with Crippen LogP contribution < -0.4 is 5.32 Å². The monoisotopic (exact) mass is 492 g/mol. The van der Waals surface area contributed by atoms with Crippen molar-refractivity contribution < 1.29 is 0 Å². The van der Waals surface area contributed by atoms with Gasteiger partial charge in [0.2, 0.25) is 0 Å². The standard InChI is InChI=1S/C26H29ClN6S/c1-28-12-13-32-15-19-14-20(27)10-11-22(19)33-24(16-32)29-30-26(33)18-8-6-17(7-9-18)25-21-4-2-3-5-23(21)34-31-25/h2-5,10-11,14,17-18,28H,6-9,12-13,15-16H2,1H3. The van der Waals surface area contributed by atoms with Crippen molar-refractivity contribution in [3.05, 3.63) is 70.4 Å². The zero-order valence-electron chi connectivity index (χ0n) is 19.4. The number of hydrogen-bond donors (Lipinski definition) is 1. The van der Waals surface area contributed by atoms with Crippen LogP contribution in [-0.2, 0) is 13.1 Å². The van der Waals surface area contributed by atoms with E-state index in [1.54, 1.807) is 11.5 Å². The van der Waals surface area contributed by atoms with Crippen LogP contribution in [0.25, 0.3) is 15.8 Å². The average Bonchev–Trinajstić information content (AvgIpc) is 3.44. The fraction of sp³-hybridized carbons (Fsp3) is 0.423. The Morgan fingerprint density at radius 1 is 1.03 bits per heavy atom. The summed E-state index contributed by atoms with van der Waals surface area (Å²) >= 11 is 8.03. The lowest BCUT2D eigenvalue weighted by Gasteiger charge is -2.28. The molecule has 0 amide bonds. The molecule has 2 aromatic carbocycles. The van der Waals surface area contributed by atoms with Gasteiger partial charge in [0.25, 0.3) is 0 Å². The van der Waals surface area contributed by atoms with Gasteiger partial charge in [-0.25, -0.2) is 0 Å². The molecular formula is C26H29ClN6S. The molecule has 176 valence electrons. The quantitative estimate of drug-likeness (QED) is 0.398. The minimum Gasteiger partial charge on any atom is -0.318 e. The average molecular weight is 493 g/mol. The van der Waals surface area contributed by atoms with Gasteiger partial charge < -0.3 is 5.32 Å². The molecule has 2 aliphatic rings. The summed E-state index contributed by atoms with van der Waals surface area (Å²) in [6, 6.07) is 14.9. The SMILES string of the molecule is CNCCN1Cc2cc(Cl)ccc2-n2c(nnc2C2CCC(c3nsc4ccccc34)CC2)C1. The smallest absolute Gasteiger partial charge is 0.151 e. The third kappa shape index (κ3) is 4.05. The zero-order chi connectivity index (χ0) is 23.1. The molecule has 1 N–H and O–H groups in total. The van der Waals surface area contributed by atoms with Crippen LogP contribution >= 0.6 is 23.1 Å². The molecule has 1 saturated carbocycles. The minimum atomic E-state index is 0.412. The molecule has 1 aliphatic carbocycles. The summed E-state index contributed by atoms with van der Waals surface area (Å²) in [5.74, 6) is 3.08. The lowest BCUT2D eigenvalue weighted by atomic mass is 9.79. The first-order valence-electron chi connectivity index (χ1n) is 12.2. The molecule has 6 nitrogen and oxygen atoms in total. The van der Waals surface area contributed by atoms with Crippen molar-refractivity contribution in [3.63, 3.8) is 0 Å². The van der Waals surface area contributed by atoms with Crippen molar-refractivity contribution in [2.45, 2.75) is 50.6 Å². The normalized spacial score (nSPS) is 20.8. The molecule has 3 heterocycles. The first-order chi connectivity index (χ1) is 16.7. The molecule has 0 saturated heterocycles. The Balaban J connectivity index is 1.28. The predicted octanol–water partition coefficient (Wildman–Crippen LogP) is 5.51. The summed E-state index contributed by atoms with van der Waals surface area (Å²) in [7, 11) is 1.99. The number of likely N-dealkylation sites (N-methyl/N-ethyl adjacent to an activating group) is 1. The van der Waals surface area contributed by atoms with Crippen LogP contribution in [0.15, 0.2) is 42.5 Å². The molecule has 0 radical (unpaired) electrons. The highest BCUT2D eigenvalue weighted by Gasteiger charge is 2.32. The summed E-state index contributed by atoms with van der Waals surface area (Å²) in [4.78, 5) is 2.42. The molecular weight excluding hydrogens is 464 g/mol. The van der Waals surface area contributed by atoms with Crippen LogP contribution in [-0.4, -0.2) is 44.2 Å². The van der Waals surface area contributed by atoms with Crippen LogP contribution in [0.2, 0.25) is 5.02 Å². The van der Waals surface area contributed by atoms with E-state index in [1.165, 1.54) is 27.0 Å². The van der Waals surface area contributed by atoms with Gasteiger partial charge in [0.15, 0.2) is 5.82 Å². The molecule has 0 atom stereocenters. The van der Waals surface area contributed by atoms with Gasteiger partial charge in [-0.15, -0.1) is 10.2 Å². The Kier molecular flexibility index (Phi) is 6.11. The number of aromatic nitrogens is 4. The Morgan fingerprint density at radius 2 is 1.85 bits per heavy atom. The molecule has 1 fully saturated rings. The summed E-state index contributed by atoms with van der Waals surface area (Å²) in [6.45, 7) is 3.55. The Morgan fingerprint density at radius 3 is 2.71 bits per heavy atom. The highest BCUT2D eigenvalue weighted by Crippen LogP contribution is 2.43. The van der Waals surface area contributed by atoms with Gasteiger partial charge >= 0.3 is 0 Å². The molecule has 4 aromatic rings. The van der Waals surface area contributed by atoms with Crippen LogP contribution in [0.5, 0.6) is 0 Å². The number of hydrogen-bond acceptors (Lipinski definition) is 6. The van der Waals surface area contributed by atoms with Gasteiger partial charge in [-0.1, -0.05) is 29.8 Å². The van der Waals surface area contributed by atoms with Gasteiger partial charge in [0, 0.05) is 41.9 Å². The predicted molar refractivity (Wildman–Crippen MR) is 138 cm³/mol. The molecule has 6 rings (SSSR count). The summed E-state index contributed by atoms with van der Waals surface area (Å²) in [5, 5.41) is 14.8. The molecule has 2 aromatic heterocycles. The number of fused-ring (bicyclic) bond motifs is 4. The lowest BCUT2D eigenvalue weighted by molar-refractivity contribution is 0.256. The fourth-order valence-corrected chi connectivity index (χ4v) is 6.66. The Hall–Kier alpha value is -2.32. The molecule has 0 spiro atoms. The summed E-state index contributed by atoms with van der Waals surface area (Å²) in [5.41, 5.74) is 3.71. The number of halogens is 1. The van der Waals surface area contributed by atoms with E-state index in [2.05, 4.69) is 56.3 Å². The Labute approximate surface area is 209 Å². The largest absolute Gasteiger partial charge is 0.318 e. The summed E-state index contributed by atoms with van der Waals surface area (Å²) in [6.07, 6.45) is 4.51. The maximum absolute atomic E-state index is 6.40. The molecule has 1 aliphatic heterocycles. The number of benzene rings is 2. The first kappa shape index (κ1) is 22.2. The zero-order valence-corrected chi connectivity index (χ0v) is 20.9. The third-order valence-corrected chi connectivity index (χ3v) is 8.43. The van der Waals surface area contributed by atoms with Crippen molar-refractivity contribution in [2.75, 3.05) is 20.1 Å². The van der Waals surface area contributed by atoms with E-state index in [9.17, 15) is 0 Å². The van der Waals surface area contributed by atoms with Crippen LogP contribution in [0.1, 0.15) is 60.4 Å². The van der Waals surface area contributed by atoms with E-state index < -0.39 is 0 Å². The van der Waals surface area contributed by atoms with Crippen molar-refractivity contribution >= 4 is 33.2 Å². The van der Waals surface area contributed by atoms with E-state index >= 15 is 0 Å². The van der Waals surface area contributed by atoms with Crippen molar-refractivity contribution in [3.8, 4) is 5.69 Å². The second-order valence-electron chi connectivity index (χ2n) is 9.51. The maximum Gasteiger partial charge on any atom is 0.151 e. The van der Waals surface area contributed by atoms with E-state index in [0.717, 1.165) is 68.5 Å². The van der Waals surface area contributed by atoms with Crippen molar-refractivity contribution in [1.29, 1.82) is 0 Å². The van der Waals surface area contributed by atoms with Crippen LogP contribution in [0.3, 0.4) is 0 Å². The number of nitrogens with zero attached hydrogens (tertiary/aromatic N) is 5. The van der Waals surface area contributed by atoms with E-state index in [4.69, 9.17) is 21.1 Å². The van der Waals surface area contributed by atoms with Gasteiger partial charge in [-0.3, -0.25) is 9.47 Å². The first-order valence-corrected chi connectivity index (χ1v) is 13.3. The van der Waals surface area contributed by atoms with E-state index in [0.29, 0.717) is 11.8 Å². The fourth-order valence-electron chi connectivity index (χ4n) is 5.61. The minimum absolute atomic E-state index is 0.412. The highest BCUT2D eigenvalue weighted by atomic mass is 35.5. The topological polar surface area (TPSA) is 58.9 Å². The molecule has 8 heteroatoms. The number of nitrogens with one attached hydrogen (secondary N) is 1. The maximum atomic E-state index is 6.40. The second-order valence-corrected chi connectivity index (χ2v) is 10.8. The highest BCUT2D eigenvalue weighted by molar-refractivity contribution is 7.13. The molecule has 0 bridgehead atoms. The van der Waals surface area contributed by atoms with Crippen molar-refractivity contribution in [1.82, 2.24) is 29.4 Å². The van der Waals surface area contributed by atoms with Gasteiger partial charge in [0.1, 0.15) is 5.82 Å². The van der Waals surface area contributed by atoms with E-state index in [-0.39, 0.29) is 0 Å². The van der Waals surface area contributed by atoms with Crippen LogP contribution in [0.4, 0.5) is 0 Å². The third-order valence-electron chi connectivity index (χ3n) is 7.36. The van der Waals surface area contributed by atoms with Crippen molar-refractivity contribution in [2.24, 2.45) is 0 Å².